The van der Waals surface area contributed by atoms with Gasteiger partial charge in [-0.1, -0.05) is 78.5 Å². The molecule has 0 amide bonds. The van der Waals surface area contributed by atoms with Crippen molar-refractivity contribution in [1.29, 1.82) is 0 Å². The average Bonchev–Trinajstić information content (AvgIpc) is 3.44. The summed E-state index contributed by atoms with van der Waals surface area (Å²) in [5, 5.41) is 5.12. The first kappa shape index (κ1) is 22.8. The van der Waals surface area contributed by atoms with Gasteiger partial charge in [0.25, 0.3) is 0 Å². The van der Waals surface area contributed by atoms with Crippen LogP contribution < -0.4 is 10.2 Å². The Balaban J connectivity index is 1.43. The van der Waals surface area contributed by atoms with Crippen molar-refractivity contribution in [3.8, 4) is 0 Å². The van der Waals surface area contributed by atoms with E-state index >= 15 is 0 Å². The number of hydrogen-bond donors (Lipinski definition) is 1. The minimum absolute atomic E-state index is 0.237. The highest BCUT2D eigenvalue weighted by molar-refractivity contribution is 8.03. The average molecular weight is 493 g/mol. The van der Waals surface area contributed by atoms with Crippen molar-refractivity contribution in [3.63, 3.8) is 0 Å². The van der Waals surface area contributed by atoms with E-state index in [1.54, 1.807) is 0 Å². The van der Waals surface area contributed by atoms with E-state index in [0.29, 0.717) is 0 Å². The lowest BCUT2D eigenvalue weighted by Gasteiger charge is -2.29. The number of nitrogens with one attached hydrogen (secondary N) is 1. The van der Waals surface area contributed by atoms with Crippen LogP contribution in [0.25, 0.3) is 0 Å². The zero-order valence-electron chi connectivity index (χ0n) is 19.1. The van der Waals surface area contributed by atoms with Gasteiger partial charge in [-0.2, -0.15) is 0 Å². The van der Waals surface area contributed by atoms with E-state index in [-0.39, 0.29) is 5.37 Å². The Morgan fingerprint density at radius 3 is 2.64 bits per heavy atom. The van der Waals surface area contributed by atoms with Gasteiger partial charge in [-0.25, -0.2) is 0 Å². The highest BCUT2D eigenvalue weighted by Gasteiger charge is 2.33. The molecule has 1 atom stereocenters. The number of anilines is 2. The van der Waals surface area contributed by atoms with Crippen molar-refractivity contribution < 1.29 is 0 Å². The van der Waals surface area contributed by atoms with E-state index in [9.17, 15) is 0 Å². The number of rotatable bonds is 5. The zero-order chi connectivity index (χ0) is 22.8. The lowest BCUT2D eigenvalue weighted by atomic mass is 9.89. The summed E-state index contributed by atoms with van der Waals surface area (Å²) in [5.74, 6) is 0. The van der Waals surface area contributed by atoms with E-state index < -0.39 is 0 Å². The molecule has 0 aromatic heterocycles. The predicted molar refractivity (Wildman–Crippen MR) is 146 cm³/mol. The summed E-state index contributed by atoms with van der Waals surface area (Å²) in [6.45, 7) is 5.44. The van der Waals surface area contributed by atoms with Gasteiger partial charge in [0.15, 0.2) is 0 Å². The smallest absolute Gasteiger partial charge is 0.106 e. The molecule has 1 aliphatic carbocycles. The maximum absolute atomic E-state index is 6.50. The molecule has 0 saturated carbocycles. The number of halogens is 1. The number of benzene rings is 2. The first-order valence-electron chi connectivity index (χ1n) is 11.7. The summed E-state index contributed by atoms with van der Waals surface area (Å²) in [6, 6.07) is 17.2. The van der Waals surface area contributed by atoms with Crippen LogP contribution in [0.15, 0.2) is 103 Å². The number of para-hydroxylation sites is 2. The second kappa shape index (κ2) is 10.1. The van der Waals surface area contributed by atoms with E-state index in [4.69, 9.17) is 11.6 Å². The van der Waals surface area contributed by atoms with Crippen molar-refractivity contribution in [2.24, 2.45) is 0 Å². The number of nitrogens with zero attached hydrogens (tertiary/aromatic N) is 1. The van der Waals surface area contributed by atoms with Crippen molar-refractivity contribution in [3.05, 3.63) is 93.5 Å². The SMILES string of the molecule is CCC(C=C1C=C(C(=CCl)C2Sc3ccccc3N2CC)CCC1)=C1Nc2ccccc2S1. The van der Waals surface area contributed by atoms with Crippen LogP contribution in [0, 0.1) is 0 Å². The van der Waals surface area contributed by atoms with Gasteiger partial charge >= 0.3 is 0 Å². The molecule has 0 saturated heterocycles. The van der Waals surface area contributed by atoms with Crippen LogP contribution >= 0.6 is 35.1 Å². The third-order valence-corrected chi connectivity index (χ3v) is 9.15. The quantitative estimate of drug-likeness (QED) is 0.447. The molecule has 0 radical (unpaired) electrons. The van der Waals surface area contributed by atoms with E-state index in [1.807, 2.05) is 29.1 Å². The molecule has 1 N–H and O–H groups in total. The van der Waals surface area contributed by atoms with Crippen molar-refractivity contribution in [2.75, 3.05) is 16.8 Å². The fourth-order valence-electron chi connectivity index (χ4n) is 4.76. The summed E-state index contributed by atoms with van der Waals surface area (Å²) in [5.41, 5.74) is 9.76. The largest absolute Gasteiger partial charge is 0.354 e. The van der Waals surface area contributed by atoms with E-state index in [0.717, 1.165) is 32.2 Å². The van der Waals surface area contributed by atoms with Crippen molar-refractivity contribution in [2.45, 2.75) is 54.7 Å². The van der Waals surface area contributed by atoms with Crippen LogP contribution in [0.1, 0.15) is 39.5 Å². The molecule has 2 heterocycles. The first-order chi connectivity index (χ1) is 16.2. The van der Waals surface area contributed by atoms with Crippen molar-refractivity contribution in [1.82, 2.24) is 0 Å². The number of allylic oxidation sites excluding steroid dienone is 4. The third-order valence-electron chi connectivity index (χ3n) is 6.44. The summed E-state index contributed by atoms with van der Waals surface area (Å²) >= 11 is 10.3. The first-order valence-corrected chi connectivity index (χ1v) is 13.9. The van der Waals surface area contributed by atoms with Crippen LogP contribution in [-0.4, -0.2) is 11.9 Å². The molecule has 5 heteroatoms. The molecule has 0 bridgehead atoms. The molecular weight excluding hydrogens is 464 g/mol. The molecule has 0 fully saturated rings. The molecule has 170 valence electrons. The lowest BCUT2D eigenvalue weighted by Crippen LogP contribution is -2.31. The fraction of sp³-hybridized carbons (Fsp3) is 0.286. The molecular formula is C28H29ClN2S2. The summed E-state index contributed by atoms with van der Waals surface area (Å²) in [7, 11) is 0. The van der Waals surface area contributed by atoms with Gasteiger partial charge in [-0.15, -0.1) is 0 Å². The van der Waals surface area contributed by atoms with Crippen LogP contribution in [0.4, 0.5) is 11.4 Å². The second-order valence-corrected chi connectivity index (χ2v) is 10.9. The summed E-state index contributed by atoms with van der Waals surface area (Å²) in [4.78, 5) is 5.12. The Hall–Kier alpha value is -2.01. The molecule has 5 rings (SSSR count). The maximum atomic E-state index is 6.50. The lowest BCUT2D eigenvalue weighted by molar-refractivity contribution is 0.767. The molecule has 0 spiro atoms. The maximum Gasteiger partial charge on any atom is 0.106 e. The highest BCUT2D eigenvalue weighted by atomic mass is 35.5. The van der Waals surface area contributed by atoms with Gasteiger partial charge in [-0.05, 0) is 79.2 Å². The van der Waals surface area contributed by atoms with Gasteiger partial charge < -0.3 is 10.2 Å². The molecule has 33 heavy (non-hydrogen) atoms. The van der Waals surface area contributed by atoms with Gasteiger partial charge in [0, 0.05) is 21.9 Å². The number of likely N-dealkylation sites (N-methyl/N-ethyl adjacent to an activating group) is 1. The standard InChI is InChI=1S/C28H29ClN2S2/c1-3-20(27-30-23-12-5-7-14-25(23)32-27)16-19-10-9-11-21(17-19)22(18-29)28-31(4-2)24-13-6-8-15-26(24)33-28/h5-8,12-18,28,30H,3-4,9-11H2,1-2H3. The zero-order valence-corrected chi connectivity index (χ0v) is 21.5. The summed E-state index contributed by atoms with van der Waals surface area (Å²) in [6.07, 6.45) is 9.17. The van der Waals surface area contributed by atoms with Gasteiger partial charge in [0.1, 0.15) is 5.37 Å². The number of thioether (sulfide) groups is 2. The van der Waals surface area contributed by atoms with E-state index in [1.165, 1.54) is 48.5 Å². The Labute approximate surface area is 210 Å². The van der Waals surface area contributed by atoms with E-state index in [2.05, 4.69) is 84.7 Å². The van der Waals surface area contributed by atoms with Gasteiger partial charge in [0.05, 0.1) is 16.4 Å². The Kier molecular flexibility index (Phi) is 6.96. The molecule has 2 aliphatic heterocycles. The Morgan fingerprint density at radius 1 is 1.09 bits per heavy atom. The predicted octanol–water partition coefficient (Wildman–Crippen LogP) is 8.94. The second-order valence-electron chi connectivity index (χ2n) is 8.46. The number of hydrogen-bond acceptors (Lipinski definition) is 4. The van der Waals surface area contributed by atoms with Crippen LogP contribution in [0.2, 0.25) is 0 Å². The van der Waals surface area contributed by atoms with Crippen molar-refractivity contribution >= 4 is 46.5 Å². The molecule has 2 nitrogen and oxygen atoms in total. The monoisotopic (exact) mass is 492 g/mol. The molecule has 2 aromatic carbocycles. The fourth-order valence-corrected chi connectivity index (χ4v) is 7.63. The van der Waals surface area contributed by atoms with Crippen LogP contribution in [-0.2, 0) is 0 Å². The van der Waals surface area contributed by atoms with Crippen LogP contribution in [0.5, 0.6) is 0 Å². The molecule has 3 aliphatic rings. The summed E-state index contributed by atoms with van der Waals surface area (Å²) < 4.78 is 0. The van der Waals surface area contributed by atoms with Gasteiger partial charge in [0.2, 0.25) is 0 Å². The normalized spacial score (nSPS) is 22.7. The van der Waals surface area contributed by atoms with Gasteiger partial charge in [-0.3, -0.25) is 0 Å². The topological polar surface area (TPSA) is 15.3 Å². The highest BCUT2D eigenvalue weighted by Crippen LogP contribution is 2.48. The third kappa shape index (κ3) is 4.53. The number of fused-ring (bicyclic) bond motifs is 2. The van der Waals surface area contributed by atoms with Crippen LogP contribution in [0.3, 0.4) is 0 Å². The Bertz CT molecular complexity index is 1150. The Morgan fingerprint density at radius 2 is 1.88 bits per heavy atom. The molecule has 2 aromatic rings. The minimum Gasteiger partial charge on any atom is -0.354 e. The molecule has 1 unspecified atom stereocenters. The minimum atomic E-state index is 0.237.